The fourth-order valence-corrected chi connectivity index (χ4v) is 1.29. The fraction of sp³-hybridized carbons (Fsp3) is 0.300. The molecule has 0 amide bonds. The molecule has 0 bridgehead atoms. The van der Waals surface area contributed by atoms with Crippen LogP contribution < -0.4 is 5.32 Å². The number of oxime groups is 1. The molecule has 0 aliphatic carbocycles. The van der Waals surface area contributed by atoms with Gasteiger partial charge in [0.1, 0.15) is 12.3 Å². The third-order valence-electron chi connectivity index (χ3n) is 1.91. The lowest BCUT2D eigenvalue weighted by Gasteiger charge is -2.09. The van der Waals surface area contributed by atoms with Crippen LogP contribution in [0, 0.1) is 5.53 Å². The van der Waals surface area contributed by atoms with Crippen molar-refractivity contribution in [3.05, 3.63) is 23.8 Å². The molecule has 0 atom stereocenters. The van der Waals surface area contributed by atoms with Crippen LogP contribution >= 0.6 is 0 Å². The first-order chi connectivity index (χ1) is 7.33. The van der Waals surface area contributed by atoms with Crippen LogP contribution in [0.3, 0.4) is 0 Å². The van der Waals surface area contributed by atoms with Gasteiger partial charge in [0.25, 0.3) is 0 Å². The van der Waals surface area contributed by atoms with E-state index in [4.69, 9.17) is 10.4 Å². The fourth-order valence-electron chi connectivity index (χ4n) is 1.29. The number of benzene rings is 1. The van der Waals surface area contributed by atoms with E-state index in [0.717, 1.165) is 17.8 Å². The largest absolute Gasteiger partial charge is 0.391 e. The molecule has 80 valence electrons. The predicted octanol–water partition coefficient (Wildman–Crippen LogP) is 2.91. The molecular formula is C10H14N4O. The molecule has 0 aromatic heterocycles. The Kier molecular flexibility index (Phi) is 4.28. The second kappa shape index (κ2) is 5.74. The van der Waals surface area contributed by atoms with E-state index >= 15 is 0 Å². The summed E-state index contributed by atoms with van der Waals surface area (Å²) >= 11 is 0. The zero-order chi connectivity index (χ0) is 11.1. The van der Waals surface area contributed by atoms with Crippen LogP contribution in [0.1, 0.15) is 12.5 Å². The van der Waals surface area contributed by atoms with Crippen LogP contribution in [0.25, 0.3) is 0 Å². The number of nitrogens with zero attached hydrogens (tertiary/aromatic N) is 2. The van der Waals surface area contributed by atoms with Crippen molar-refractivity contribution in [3.8, 4) is 0 Å². The normalized spacial score (nSPS) is 9.40. The summed E-state index contributed by atoms with van der Waals surface area (Å²) in [6.07, 6.45) is 0. The number of hydrogen-bond donors (Lipinski definition) is 2. The van der Waals surface area contributed by atoms with Crippen molar-refractivity contribution < 1.29 is 4.84 Å². The van der Waals surface area contributed by atoms with E-state index in [1.165, 1.54) is 0 Å². The molecule has 1 aromatic rings. The maximum atomic E-state index is 7.12. The highest BCUT2D eigenvalue weighted by Gasteiger charge is 2.07. The molecule has 0 aliphatic heterocycles. The van der Waals surface area contributed by atoms with Gasteiger partial charge in [-0.3, -0.25) is 0 Å². The van der Waals surface area contributed by atoms with E-state index in [-0.39, 0.29) is 6.61 Å². The second-order valence-corrected chi connectivity index (χ2v) is 2.86. The molecule has 1 aromatic carbocycles. The first-order valence-corrected chi connectivity index (χ1v) is 4.64. The lowest BCUT2D eigenvalue weighted by atomic mass is 10.1. The molecule has 0 radical (unpaired) electrons. The molecule has 0 fully saturated rings. The van der Waals surface area contributed by atoms with E-state index in [0.29, 0.717) is 5.69 Å². The monoisotopic (exact) mass is 206 g/mol. The Balaban J connectivity index is 2.98. The molecule has 1 rings (SSSR count). The average Bonchev–Trinajstić information content (AvgIpc) is 2.27. The summed E-state index contributed by atoms with van der Waals surface area (Å²) < 4.78 is 0. The minimum Gasteiger partial charge on any atom is -0.391 e. The van der Waals surface area contributed by atoms with Crippen LogP contribution in [-0.4, -0.2) is 13.3 Å². The summed E-state index contributed by atoms with van der Waals surface area (Å²) in [4.78, 5) is 4.84. The molecule has 5 heteroatoms. The summed E-state index contributed by atoms with van der Waals surface area (Å²) in [7, 11) is 0. The summed E-state index contributed by atoms with van der Waals surface area (Å²) in [6.45, 7) is 6.28. The topological polar surface area (TPSA) is 69.8 Å². The van der Waals surface area contributed by atoms with Crippen molar-refractivity contribution in [2.45, 2.75) is 13.5 Å². The van der Waals surface area contributed by atoms with Gasteiger partial charge in [-0.2, -0.15) is 5.11 Å². The van der Waals surface area contributed by atoms with E-state index in [1.54, 1.807) is 0 Å². The highest BCUT2D eigenvalue weighted by Crippen LogP contribution is 2.29. The average molecular weight is 206 g/mol. The Bertz CT molecular complexity index is 351. The minimum atomic E-state index is 0.278. The van der Waals surface area contributed by atoms with Gasteiger partial charge >= 0.3 is 0 Å². The molecule has 2 N–H and O–H groups in total. The molecule has 0 saturated carbocycles. The Morgan fingerprint density at radius 2 is 2.33 bits per heavy atom. The Morgan fingerprint density at radius 1 is 1.53 bits per heavy atom. The van der Waals surface area contributed by atoms with E-state index in [2.05, 4.69) is 22.3 Å². The highest BCUT2D eigenvalue weighted by atomic mass is 16.6. The number of anilines is 1. The lowest BCUT2D eigenvalue weighted by Crippen LogP contribution is -1.98. The molecule has 0 heterocycles. The van der Waals surface area contributed by atoms with Crippen LogP contribution in [0.5, 0.6) is 0 Å². The molecule has 0 saturated heterocycles. The van der Waals surface area contributed by atoms with Gasteiger partial charge in [-0.15, -0.1) is 5.16 Å². The standard InChI is InChI=1S/C10H14N4O/c1-3-13-9-6-4-5-8(7-15-12-2)10(9)14-11/h4-6,11,13H,2-3,7H2,1H3. The zero-order valence-corrected chi connectivity index (χ0v) is 8.66. The third kappa shape index (κ3) is 2.77. The zero-order valence-electron chi connectivity index (χ0n) is 8.66. The van der Waals surface area contributed by atoms with Crippen molar-refractivity contribution >= 4 is 18.1 Å². The van der Waals surface area contributed by atoms with Gasteiger partial charge in [-0.1, -0.05) is 12.1 Å². The predicted molar refractivity (Wildman–Crippen MR) is 59.8 cm³/mol. The second-order valence-electron chi connectivity index (χ2n) is 2.86. The smallest absolute Gasteiger partial charge is 0.144 e. The van der Waals surface area contributed by atoms with Crippen LogP contribution in [0.4, 0.5) is 11.4 Å². The van der Waals surface area contributed by atoms with Gasteiger partial charge in [0, 0.05) is 18.8 Å². The van der Waals surface area contributed by atoms with E-state index in [1.807, 2.05) is 25.1 Å². The summed E-state index contributed by atoms with van der Waals surface area (Å²) in [5.41, 5.74) is 9.36. The van der Waals surface area contributed by atoms with Gasteiger partial charge in [0.15, 0.2) is 0 Å². The first kappa shape index (κ1) is 11.2. The van der Waals surface area contributed by atoms with Gasteiger partial charge < -0.3 is 10.2 Å². The molecule has 0 spiro atoms. The lowest BCUT2D eigenvalue weighted by molar-refractivity contribution is 0.133. The Labute approximate surface area is 88.6 Å². The van der Waals surface area contributed by atoms with Crippen LogP contribution in [-0.2, 0) is 11.4 Å². The molecule has 0 unspecified atom stereocenters. The molecule has 15 heavy (non-hydrogen) atoms. The first-order valence-electron chi connectivity index (χ1n) is 4.64. The van der Waals surface area contributed by atoms with Gasteiger partial charge in [0.2, 0.25) is 0 Å². The van der Waals surface area contributed by atoms with Crippen LogP contribution in [0.2, 0.25) is 0 Å². The molecular weight excluding hydrogens is 192 g/mol. The van der Waals surface area contributed by atoms with Crippen molar-refractivity contribution in [1.29, 1.82) is 5.53 Å². The van der Waals surface area contributed by atoms with E-state index in [9.17, 15) is 0 Å². The minimum absolute atomic E-state index is 0.278. The van der Waals surface area contributed by atoms with Gasteiger partial charge in [0.05, 0.1) is 5.69 Å². The maximum absolute atomic E-state index is 7.12. The highest BCUT2D eigenvalue weighted by molar-refractivity contribution is 5.68. The quantitative estimate of drug-likeness (QED) is 0.427. The number of nitrogens with one attached hydrogen (secondary N) is 2. The third-order valence-corrected chi connectivity index (χ3v) is 1.91. The summed E-state index contributed by atoms with van der Waals surface area (Å²) in [5.74, 6) is 0. The van der Waals surface area contributed by atoms with Crippen molar-refractivity contribution in [3.63, 3.8) is 0 Å². The Morgan fingerprint density at radius 3 is 2.93 bits per heavy atom. The number of hydrogen-bond acceptors (Lipinski definition) is 5. The SMILES string of the molecule is C=NOCc1cccc(NCC)c1N=N. The van der Waals surface area contributed by atoms with Crippen molar-refractivity contribution in [2.24, 2.45) is 10.3 Å². The van der Waals surface area contributed by atoms with Crippen molar-refractivity contribution in [2.75, 3.05) is 11.9 Å². The molecule has 5 nitrogen and oxygen atoms in total. The molecule has 0 aliphatic rings. The Hall–Kier alpha value is -1.91. The number of rotatable bonds is 6. The summed E-state index contributed by atoms with van der Waals surface area (Å²) in [6, 6.07) is 5.61. The van der Waals surface area contributed by atoms with E-state index < -0.39 is 0 Å². The van der Waals surface area contributed by atoms with Gasteiger partial charge in [-0.05, 0) is 13.0 Å². The number of para-hydroxylation sites is 1. The summed E-state index contributed by atoms with van der Waals surface area (Å²) in [5, 5.41) is 9.92. The van der Waals surface area contributed by atoms with Gasteiger partial charge in [-0.25, -0.2) is 5.53 Å². The van der Waals surface area contributed by atoms with Crippen LogP contribution in [0.15, 0.2) is 28.5 Å². The van der Waals surface area contributed by atoms with Crippen molar-refractivity contribution in [1.82, 2.24) is 0 Å². The maximum Gasteiger partial charge on any atom is 0.144 e.